The second kappa shape index (κ2) is 12.1. The highest BCUT2D eigenvalue weighted by Crippen LogP contribution is 2.54. The Morgan fingerprint density at radius 3 is 2.33 bits per heavy atom. The van der Waals surface area contributed by atoms with Crippen molar-refractivity contribution in [2.45, 2.75) is 44.6 Å². The van der Waals surface area contributed by atoms with Crippen LogP contribution in [0.2, 0.25) is 0 Å². The average Bonchev–Trinajstić information content (AvgIpc) is 3.84. The zero-order valence-electron chi connectivity index (χ0n) is 30.6. The molecule has 3 aliphatic rings. The average molecular weight is 713 g/mol. The molecule has 3 heteroatoms. The van der Waals surface area contributed by atoms with Gasteiger partial charge >= 0.3 is 0 Å². The molecule has 2 heterocycles. The lowest BCUT2D eigenvalue weighted by Crippen LogP contribution is -2.33. The Labute approximate surface area is 320 Å². The van der Waals surface area contributed by atoms with Crippen molar-refractivity contribution >= 4 is 65.4 Å². The van der Waals surface area contributed by atoms with Gasteiger partial charge in [-0.2, -0.15) is 0 Å². The van der Waals surface area contributed by atoms with E-state index in [4.69, 9.17) is 0 Å². The molecule has 1 unspecified atom stereocenters. The lowest BCUT2D eigenvalue weighted by molar-refractivity contribution is 0.585. The van der Waals surface area contributed by atoms with Gasteiger partial charge in [0.25, 0.3) is 0 Å². The number of hydrogen-bond acceptors (Lipinski definition) is 2. The van der Waals surface area contributed by atoms with E-state index < -0.39 is 0 Å². The third-order valence-electron chi connectivity index (χ3n) is 12.3. The highest BCUT2D eigenvalue weighted by Gasteiger charge is 2.41. The molecule has 0 radical (unpaired) electrons. The lowest BCUT2D eigenvalue weighted by atomic mass is 9.77. The van der Waals surface area contributed by atoms with Gasteiger partial charge in [0.2, 0.25) is 0 Å². The van der Waals surface area contributed by atoms with E-state index in [1.165, 1.54) is 92.8 Å². The van der Waals surface area contributed by atoms with Crippen LogP contribution in [0.5, 0.6) is 0 Å². The number of benzene rings is 6. The first-order valence-corrected chi connectivity index (χ1v) is 20.1. The van der Waals surface area contributed by atoms with Crippen LogP contribution in [0.15, 0.2) is 163 Å². The first kappa shape index (κ1) is 31.6. The van der Waals surface area contributed by atoms with E-state index in [-0.39, 0.29) is 11.5 Å². The normalized spacial score (nSPS) is 17.0. The number of nitrogens with zero attached hydrogens (tertiary/aromatic N) is 2. The summed E-state index contributed by atoms with van der Waals surface area (Å²) in [5.74, 6) is 0. The van der Waals surface area contributed by atoms with Gasteiger partial charge in [-0.25, -0.2) is 0 Å². The maximum Gasteiger partial charge on any atom is 0.0563 e. The SMILES string of the molecule is CC1(C)C2=C(C=CC(N(c3ccccc3)c3ccc4sc5ccccc5c4c3)C2)c2c(-c3ccc(-n4c5c(c6ccccc64)C=CCC5)cc3)cccc21. The van der Waals surface area contributed by atoms with E-state index in [9.17, 15) is 0 Å². The van der Waals surface area contributed by atoms with Gasteiger partial charge < -0.3 is 9.47 Å². The van der Waals surface area contributed by atoms with Crippen molar-refractivity contribution in [3.8, 4) is 16.8 Å². The van der Waals surface area contributed by atoms with Crippen molar-refractivity contribution in [1.29, 1.82) is 0 Å². The van der Waals surface area contributed by atoms with Crippen LogP contribution in [0, 0.1) is 0 Å². The Kier molecular flexibility index (Phi) is 7.06. The van der Waals surface area contributed by atoms with Crippen molar-refractivity contribution in [3.05, 3.63) is 186 Å². The van der Waals surface area contributed by atoms with Gasteiger partial charge in [-0.05, 0) is 107 Å². The standard InChI is InChI=1S/C51H40N2S/c1-51(2)44-19-12-18-38(33-23-25-35(26-24-33)53-46-20-9-6-15-39(46)40-16-7-10-21-47(40)53)50(44)42-29-27-37(32-45(42)51)52(34-13-4-3-5-14-34)36-28-30-49-43(31-36)41-17-8-11-22-48(41)54-49/h3-9,11-20,22-31,37H,10,21,32H2,1-2H3. The summed E-state index contributed by atoms with van der Waals surface area (Å²) >= 11 is 1.88. The Bertz CT molecular complexity index is 2880. The van der Waals surface area contributed by atoms with Crippen molar-refractivity contribution in [2.75, 3.05) is 4.90 Å². The lowest BCUT2D eigenvalue weighted by Gasteiger charge is -2.37. The third-order valence-corrected chi connectivity index (χ3v) is 13.4. The molecule has 2 nitrogen and oxygen atoms in total. The summed E-state index contributed by atoms with van der Waals surface area (Å²) in [5.41, 5.74) is 16.0. The van der Waals surface area contributed by atoms with Gasteiger partial charge in [0.05, 0.1) is 11.6 Å². The molecule has 2 aromatic heterocycles. The summed E-state index contributed by atoms with van der Waals surface area (Å²) in [6, 6.07) is 52.1. The van der Waals surface area contributed by atoms with Crippen LogP contribution in [0.3, 0.4) is 0 Å². The Balaban J connectivity index is 0.981. The fourth-order valence-corrected chi connectivity index (χ4v) is 10.8. The predicted molar refractivity (Wildman–Crippen MR) is 231 cm³/mol. The highest BCUT2D eigenvalue weighted by atomic mass is 32.1. The third kappa shape index (κ3) is 4.71. The minimum absolute atomic E-state index is 0.0872. The summed E-state index contributed by atoms with van der Waals surface area (Å²) in [7, 11) is 0. The van der Waals surface area contributed by atoms with Crippen LogP contribution in [-0.4, -0.2) is 10.6 Å². The second-order valence-electron chi connectivity index (χ2n) is 15.6. The minimum atomic E-state index is -0.0872. The topological polar surface area (TPSA) is 8.17 Å². The number of aromatic nitrogens is 1. The first-order valence-electron chi connectivity index (χ1n) is 19.3. The van der Waals surface area contributed by atoms with E-state index in [1.807, 2.05) is 11.3 Å². The van der Waals surface area contributed by atoms with Crippen LogP contribution in [0.4, 0.5) is 11.4 Å². The molecule has 260 valence electrons. The van der Waals surface area contributed by atoms with Crippen molar-refractivity contribution in [3.63, 3.8) is 0 Å². The number of allylic oxidation sites excluding steroid dienone is 3. The quantitative estimate of drug-likeness (QED) is 0.172. The molecule has 0 bridgehead atoms. The minimum Gasteiger partial charge on any atom is -0.334 e. The largest absolute Gasteiger partial charge is 0.334 e. The number of thiophene rings is 1. The predicted octanol–water partition coefficient (Wildman–Crippen LogP) is 13.8. The second-order valence-corrected chi connectivity index (χ2v) is 16.6. The zero-order chi connectivity index (χ0) is 36.0. The molecule has 1 atom stereocenters. The molecule has 54 heavy (non-hydrogen) atoms. The molecule has 6 aromatic carbocycles. The van der Waals surface area contributed by atoms with Crippen LogP contribution < -0.4 is 4.90 Å². The number of anilines is 2. The van der Waals surface area contributed by atoms with E-state index in [0.717, 1.165) is 19.3 Å². The van der Waals surface area contributed by atoms with E-state index in [1.54, 1.807) is 0 Å². The molecule has 3 aliphatic carbocycles. The fraction of sp³-hybridized carbons (Fsp3) is 0.137. The Hall–Kier alpha value is -5.90. The van der Waals surface area contributed by atoms with E-state index in [0.29, 0.717) is 0 Å². The molecule has 0 saturated carbocycles. The van der Waals surface area contributed by atoms with E-state index in [2.05, 4.69) is 187 Å². The van der Waals surface area contributed by atoms with Gasteiger partial charge in [-0.3, -0.25) is 0 Å². The van der Waals surface area contributed by atoms with Crippen LogP contribution in [0.25, 0.3) is 59.5 Å². The van der Waals surface area contributed by atoms with Gasteiger partial charge in [-0.15, -0.1) is 11.3 Å². The molecule has 0 spiro atoms. The summed E-state index contributed by atoms with van der Waals surface area (Å²) in [6.45, 7) is 4.87. The molecule has 0 saturated heterocycles. The number of hydrogen-bond donors (Lipinski definition) is 0. The maximum atomic E-state index is 2.56. The molecule has 8 aromatic rings. The van der Waals surface area contributed by atoms with Crippen molar-refractivity contribution < 1.29 is 0 Å². The molecule has 0 aliphatic heterocycles. The monoisotopic (exact) mass is 712 g/mol. The maximum absolute atomic E-state index is 2.56. The van der Waals surface area contributed by atoms with Gasteiger partial charge in [0.15, 0.2) is 0 Å². The van der Waals surface area contributed by atoms with E-state index >= 15 is 0 Å². The van der Waals surface area contributed by atoms with Crippen molar-refractivity contribution in [2.24, 2.45) is 0 Å². The zero-order valence-corrected chi connectivity index (χ0v) is 31.4. The van der Waals surface area contributed by atoms with Crippen molar-refractivity contribution in [1.82, 2.24) is 4.57 Å². The summed E-state index contributed by atoms with van der Waals surface area (Å²) in [4.78, 5) is 2.56. The fourth-order valence-electron chi connectivity index (χ4n) is 9.71. The van der Waals surface area contributed by atoms with Crippen LogP contribution >= 0.6 is 11.3 Å². The first-order chi connectivity index (χ1) is 26.5. The van der Waals surface area contributed by atoms with Crippen LogP contribution in [0.1, 0.15) is 49.1 Å². The molecule has 0 N–H and O–H groups in total. The highest BCUT2D eigenvalue weighted by molar-refractivity contribution is 7.25. The Morgan fingerprint density at radius 1 is 0.685 bits per heavy atom. The molecule has 0 amide bonds. The summed E-state index contributed by atoms with van der Waals surface area (Å²) in [5, 5.41) is 4.01. The number of fused-ring (bicyclic) bond motifs is 8. The molecule has 0 fully saturated rings. The molecule has 11 rings (SSSR count). The Morgan fingerprint density at radius 2 is 1.46 bits per heavy atom. The summed E-state index contributed by atoms with van der Waals surface area (Å²) in [6.07, 6.45) is 12.6. The molecular formula is C51H40N2S. The smallest absolute Gasteiger partial charge is 0.0563 e. The number of rotatable bonds is 5. The summed E-state index contributed by atoms with van der Waals surface area (Å²) < 4.78 is 5.16. The van der Waals surface area contributed by atoms with Crippen LogP contribution in [-0.2, 0) is 11.8 Å². The van der Waals surface area contributed by atoms with Gasteiger partial charge in [0.1, 0.15) is 0 Å². The van der Waals surface area contributed by atoms with Gasteiger partial charge in [-0.1, -0.05) is 123 Å². The number of para-hydroxylation sites is 2. The van der Waals surface area contributed by atoms with Gasteiger partial charge in [0, 0.05) is 59.3 Å². The molecular weight excluding hydrogens is 673 g/mol.